The number of unbranched alkanes of at least 4 members (excludes halogenated alkanes) is 9. The number of hydrogen-bond acceptors (Lipinski definition) is 8. The van der Waals surface area contributed by atoms with Crippen molar-refractivity contribution in [3.8, 4) is 0 Å². The lowest BCUT2D eigenvalue weighted by Gasteiger charge is -1.98. The van der Waals surface area contributed by atoms with E-state index in [4.69, 9.17) is 31.9 Å². The Hall–Kier alpha value is -2.28. The number of carboxylic acid groups (broad SMARTS) is 4. The van der Waals surface area contributed by atoms with Gasteiger partial charge in [0.15, 0.2) is 0 Å². The number of carboxylic acids is 4. The fraction of sp³-hybridized carbons (Fsp3) is 0.857. The van der Waals surface area contributed by atoms with E-state index in [1.165, 1.54) is 51.6 Å². The molecule has 0 aromatic heterocycles. The molecule has 0 bridgehead atoms. The molecule has 12 nitrogen and oxygen atoms in total. The van der Waals surface area contributed by atoms with Crippen LogP contribution in [0.3, 0.4) is 0 Å². The third kappa shape index (κ3) is 56.0. The Kier molecular flexibility index (Phi) is 43.5. The zero-order valence-electron chi connectivity index (χ0n) is 24.8. The van der Waals surface area contributed by atoms with Gasteiger partial charge in [0, 0.05) is 25.7 Å². The minimum Gasteiger partial charge on any atom is -0.481 e. The van der Waals surface area contributed by atoms with Crippen molar-refractivity contribution in [3.05, 3.63) is 0 Å². The number of aliphatic carboxylic acids is 4. The summed E-state index contributed by atoms with van der Waals surface area (Å²) in [5.41, 5.74) is 10.6. The largest absolute Gasteiger partial charge is 0.481 e. The fourth-order valence-electron chi connectivity index (χ4n) is 3.43. The van der Waals surface area contributed by atoms with Gasteiger partial charge in [-0.25, -0.2) is 0 Å². The average Bonchev–Trinajstić information content (AvgIpc) is 3.20. The van der Waals surface area contributed by atoms with Gasteiger partial charge in [-0.2, -0.15) is 0 Å². The van der Waals surface area contributed by atoms with Gasteiger partial charge in [-0.1, -0.05) is 51.4 Å². The van der Waals surface area contributed by atoms with Gasteiger partial charge in [-0.05, 0) is 77.5 Å². The molecule has 1 rings (SSSR count). The van der Waals surface area contributed by atoms with E-state index >= 15 is 0 Å². The predicted octanol–water partition coefficient (Wildman–Crippen LogP) is 4.77. The molecule has 0 atom stereocenters. The summed E-state index contributed by atoms with van der Waals surface area (Å²) in [5, 5.41) is 36.3. The molecule has 0 aromatic carbocycles. The normalized spacial score (nSPS) is 11.9. The van der Waals surface area contributed by atoms with E-state index in [0.29, 0.717) is 12.8 Å². The van der Waals surface area contributed by atoms with Gasteiger partial charge in [0.05, 0.1) is 0 Å². The number of hydrogen-bond donors (Lipinski definition) is 8. The van der Waals surface area contributed by atoms with Crippen LogP contribution >= 0.6 is 0 Å². The molecule has 0 amide bonds. The second kappa shape index (κ2) is 38.9. The third-order valence-electron chi connectivity index (χ3n) is 5.68. The van der Waals surface area contributed by atoms with Gasteiger partial charge in [0.1, 0.15) is 0 Å². The van der Waals surface area contributed by atoms with Gasteiger partial charge < -0.3 is 43.4 Å². The Balaban J connectivity index is -0.000000222. The van der Waals surface area contributed by atoms with Crippen molar-refractivity contribution < 1.29 is 39.6 Å². The van der Waals surface area contributed by atoms with E-state index < -0.39 is 23.9 Å². The Morgan fingerprint density at radius 1 is 0.450 bits per heavy atom. The molecule has 0 saturated carbocycles. The van der Waals surface area contributed by atoms with Crippen LogP contribution in [0.25, 0.3) is 0 Å². The number of nitrogens with two attached hydrogens (primary N) is 2. The first-order valence-corrected chi connectivity index (χ1v) is 14.6. The Morgan fingerprint density at radius 3 is 0.975 bits per heavy atom. The summed E-state index contributed by atoms with van der Waals surface area (Å²) in [4.78, 5) is 40.1. The number of nitrogens with one attached hydrogen (secondary N) is 1. The molecule has 1 fully saturated rings. The number of rotatable bonds is 19. The van der Waals surface area contributed by atoms with Crippen LogP contribution in [0.4, 0.5) is 0 Å². The van der Waals surface area contributed by atoms with Crippen molar-refractivity contribution in [2.45, 2.75) is 128 Å². The summed E-state index contributed by atoms with van der Waals surface area (Å²) in [6, 6.07) is 0. The van der Waals surface area contributed by atoms with Crippen molar-refractivity contribution in [2.75, 3.05) is 26.2 Å². The van der Waals surface area contributed by atoms with Crippen LogP contribution in [0.2, 0.25) is 0 Å². The van der Waals surface area contributed by atoms with Crippen LogP contribution < -0.4 is 22.9 Å². The second-order valence-corrected chi connectivity index (χ2v) is 9.56. The standard InChI is InChI=1S/C10H18O4.C6H16N2.C6H13N.C6H10O4.H3N/c11-9(12)7-5-3-1-2-4-6-8-10(13)14;7-5-3-1-2-4-6-8;1-2-4-6-7-5-3-1;7-5(8)3-1-2-4-6(9)10;/h1-8H2,(H,11,12)(H,13,14);1-8H2;7H,1-6H2;1-4H2,(H,7,8)(H,9,10);1H3. The van der Waals surface area contributed by atoms with Gasteiger partial charge in [-0.3, -0.25) is 19.2 Å². The van der Waals surface area contributed by atoms with E-state index in [1.54, 1.807) is 0 Å². The second-order valence-electron chi connectivity index (χ2n) is 9.56. The average molecular weight is 581 g/mol. The van der Waals surface area contributed by atoms with Crippen molar-refractivity contribution in [3.63, 3.8) is 0 Å². The Morgan fingerprint density at radius 2 is 0.700 bits per heavy atom. The first-order chi connectivity index (χ1) is 18.7. The van der Waals surface area contributed by atoms with Crippen LogP contribution in [0.15, 0.2) is 0 Å². The predicted molar refractivity (Wildman–Crippen MR) is 159 cm³/mol. The van der Waals surface area contributed by atoms with E-state index in [1.807, 2.05) is 0 Å². The lowest BCUT2D eigenvalue weighted by atomic mass is 10.1. The van der Waals surface area contributed by atoms with Crippen molar-refractivity contribution in [1.29, 1.82) is 0 Å². The molecule has 0 spiro atoms. The van der Waals surface area contributed by atoms with Crippen LogP contribution in [0.5, 0.6) is 0 Å². The summed E-state index contributed by atoms with van der Waals surface area (Å²) in [5.74, 6) is -3.22. The minimum atomic E-state index is -0.870. The molecule has 1 heterocycles. The molecule has 0 aromatic rings. The first-order valence-electron chi connectivity index (χ1n) is 14.6. The van der Waals surface area contributed by atoms with Gasteiger partial charge in [0.2, 0.25) is 0 Å². The maximum absolute atomic E-state index is 10.1. The molecular weight excluding hydrogens is 520 g/mol. The highest BCUT2D eigenvalue weighted by Gasteiger charge is 2.00. The summed E-state index contributed by atoms with van der Waals surface area (Å²) in [6.45, 7) is 4.15. The maximum atomic E-state index is 10.1. The molecule has 1 aliphatic rings. The highest BCUT2D eigenvalue weighted by atomic mass is 16.4. The van der Waals surface area contributed by atoms with Crippen molar-refractivity contribution in [2.24, 2.45) is 11.5 Å². The fourth-order valence-corrected chi connectivity index (χ4v) is 3.43. The molecule has 240 valence electrons. The van der Waals surface area contributed by atoms with Crippen LogP contribution in [-0.4, -0.2) is 70.5 Å². The molecule has 12 heteroatoms. The zero-order chi connectivity index (χ0) is 30.0. The highest BCUT2D eigenvalue weighted by Crippen LogP contribution is 2.08. The summed E-state index contributed by atoms with van der Waals surface area (Å²) < 4.78 is 0. The van der Waals surface area contributed by atoms with E-state index in [0.717, 1.165) is 64.5 Å². The molecular formula is C28H60N4O8. The minimum absolute atomic E-state index is 0. The maximum Gasteiger partial charge on any atom is 0.303 e. The monoisotopic (exact) mass is 580 g/mol. The van der Waals surface area contributed by atoms with Crippen molar-refractivity contribution in [1.82, 2.24) is 11.5 Å². The summed E-state index contributed by atoms with van der Waals surface area (Å²) in [6.07, 6.45) is 17.3. The van der Waals surface area contributed by atoms with Crippen LogP contribution in [-0.2, 0) is 19.2 Å². The lowest BCUT2D eigenvalue weighted by Crippen LogP contribution is -2.12. The topological polar surface area (TPSA) is 248 Å². The van der Waals surface area contributed by atoms with Crippen molar-refractivity contribution >= 4 is 23.9 Å². The van der Waals surface area contributed by atoms with Gasteiger partial charge in [0.25, 0.3) is 0 Å². The molecule has 1 aliphatic heterocycles. The Bertz CT molecular complexity index is 519. The molecule has 0 aliphatic carbocycles. The molecule has 40 heavy (non-hydrogen) atoms. The van der Waals surface area contributed by atoms with Gasteiger partial charge in [-0.15, -0.1) is 0 Å². The smallest absolute Gasteiger partial charge is 0.303 e. The molecule has 0 unspecified atom stereocenters. The zero-order valence-corrected chi connectivity index (χ0v) is 24.8. The van der Waals surface area contributed by atoms with E-state index in [-0.39, 0.29) is 31.8 Å². The summed E-state index contributed by atoms with van der Waals surface area (Å²) >= 11 is 0. The number of carbonyl (C=O) groups is 4. The van der Waals surface area contributed by atoms with E-state index in [9.17, 15) is 19.2 Å². The van der Waals surface area contributed by atoms with Gasteiger partial charge >= 0.3 is 23.9 Å². The van der Waals surface area contributed by atoms with Crippen LogP contribution in [0.1, 0.15) is 128 Å². The quantitative estimate of drug-likeness (QED) is 0.0962. The lowest BCUT2D eigenvalue weighted by molar-refractivity contribution is -0.139. The Labute approximate surface area is 241 Å². The molecule has 12 N–H and O–H groups in total. The van der Waals surface area contributed by atoms with Crippen LogP contribution in [0, 0.1) is 0 Å². The molecule has 1 saturated heterocycles. The SMILES string of the molecule is C1CCCNCC1.N.NCCCCCCN.O=C(O)CCCCC(=O)O.O=C(O)CCCCCCCCC(=O)O. The molecule has 0 radical (unpaired) electrons. The summed E-state index contributed by atoms with van der Waals surface area (Å²) in [7, 11) is 0. The first kappa shape index (κ1) is 44.7. The third-order valence-corrected chi connectivity index (χ3v) is 5.68. The van der Waals surface area contributed by atoms with E-state index in [2.05, 4.69) is 5.32 Å². The highest BCUT2D eigenvalue weighted by molar-refractivity contribution is 5.68.